The molecule has 6 nitrogen and oxygen atoms in total. The number of aryl methyl sites for hydroxylation is 1. The molecule has 0 aliphatic carbocycles. The molecule has 0 saturated heterocycles. The fourth-order valence-electron chi connectivity index (χ4n) is 3.50. The molecule has 164 valence electrons. The number of nitrogens with zero attached hydrogens (tertiary/aromatic N) is 4. The van der Waals surface area contributed by atoms with Gasteiger partial charge in [-0.15, -0.1) is 11.3 Å². The number of pyridine rings is 1. The minimum Gasteiger partial charge on any atom is -0.481 e. The summed E-state index contributed by atoms with van der Waals surface area (Å²) in [7, 11) is 1.53. The van der Waals surface area contributed by atoms with Gasteiger partial charge in [-0.1, -0.05) is 0 Å². The first kappa shape index (κ1) is 21.6. The van der Waals surface area contributed by atoms with Gasteiger partial charge in [-0.25, -0.2) is 9.97 Å². The third-order valence-corrected chi connectivity index (χ3v) is 6.25. The number of ether oxygens (including phenoxy) is 1. The number of hydrogen-bond acceptors (Lipinski definition) is 5. The van der Waals surface area contributed by atoms with Gasteiger partial charge in [0, 0.05) is 17.5 Å². The van der Waals surface area contributed by atoms with Crippen molar-refractivity contribution in [1.29, 1.82) is 5.26 Å². The standard InChI is InChI=1S/C22H18F3N5OS/c1-11(20-28-16-8-19(31-4)27-10-17(16)29-20)5-14-6-12(2)30(13(14)3)21-15(9-26)7-18(32-21)22(23,24)25/h5-8,10H,1-4H3,(H,28,29)/b11-5+. The molecule has 0 spiro atoms. The maximum Gasteiger partial charge on any atom is 0.425 e. The van der Waals surface area contributed by atoms with Gasteiger partial charge in [0.15, 0.2) is 0 Å². The van der Waals surface area contributed by atoms with Crippen LogP contribution in [0, 0.1) is 25.2 Å². The van der Waals surface area contributed by atoms with Gasteiger partial charge in [0.25, 0.3) is 0 Å². The molecule has 0 aliphatic rings. The van der Waals surface area contributed by atoms with Crippen molar-refractivity contribution >= 4 is 34.0 Å². The number of nitrogens with one attached hydrogen (secondary N) is 1. The molecule has 32 heavy (non-hydrogen) atoms. The minimum atomic E-state index is -4.50. The quantitative estimate of drug-likeness (QED) is 0.415. The predicted molar refractivity (Wildman–Crippen MR) is 117 cm³/mol. The lowest BCUT2D eigenvalue weighted by Gasteiger charge is -2.08. The highest BCUT2D eigenvalue weighted by molar-refractivity contribution is 7.14. The summed E-state index contributed by atoms with van der Waals surface area (Å²) >= 11 is 0.565. The topological polar surface area (TPSA) is 79.5 Å². The summed E-state index contributed by atoms with van der Waals surface area (Å²) in [5, 5.41) is 9.64. The molecule has 0 amide bonds. The van der Waals surface area contributed by atoms with E-state index in [1.807, 2.05) is 32.1 Å². The van der Waals surface area contributed by atoms with Crippen molar-refractivity contribution in [1.82, 2.24) is 19.5 Å². The highest BCUT2D eigenvalue weighted by Gasteiger charge is 2.34. The SMILES string of the molecule is COc1cc2nc(/C(C)=C/c3cc(C)n(-c4sc(C(F)(F)F)cc4C#N)c3C)[nH]c2cn1. The number of H-pyrrole nitrogens is 1. The van der Waals surface area contributed by atoms with Crippen molar-refractivity contribution in [2.45, 2.75) is 26.9 Å². The number of alkyl halides is 3. The molecular formula is C22H18F3N5OS. The van der Waals surface area contributed by atoms with Crippen molar-refractivity contribution < 1.29 is 17.9 Å². The maximum atomic E-state index is 13.2. The van der Waals surface area contributed by atoms with Gasteiger partial charge in [0.05, 0.1) is 29.9 Å². The van der Waals surface area contributed by atoms with Crippen LogP contribution in [0.15, 0.2) is 24.4 Å². The number of hydrogen-bond donors (Lipinski definition) is 1. The van der Waals surface area contributed by atoms with Gasteiger partial charge in [0.2, 0.25) is 5.88 Å². The molecule has 0 aromatic carbocycles. The zero-order valence-corrected chi connectivity index (χ0v) is 18.4. The maximum absolute atomic E-state index is 13.2. The molecule has 0 bridgehead atoms. The minimum absolute atomic E-state index is 0.00453. The number of fused-ring (bicyclic) bond motifs is 1. The van der Waals surface area contributed by atoms with Gasteiger partial charge in [-0.2, -0.15) is 18.4 Å². The number of rotatable bonds is 4. The second-order valence-corrected chi connectivity index (χ2v) is 8.29. The normalized spacial score (nSPS) is 12.4. The van der Waals surface area contributed by atoms with Crippen molar-refractivity contribution in [2.75, 3.05) is 7.11 Å². The second-order valence-electron chi connectivity index (χ2n) is 7.26. The Morgan fingerprint density at radius 1 is 1.28 bits per heavy atom. The van der Waals surface area contributed by atoms with Crippen LogP contribution in [0.25, 0.3) is 27.7 Å². The zero-order chi connectivity index (χ0) is 23.2. The first-order chi connectivity index (χ1) is 15.1. The highest BCUT2D eigenvalue weighted by atomic mass is 32.1. The van der Waals surface area contributed by atoms with E-state index < -0.39 is 11.1 Å². The summed E-state index contributed by atoms with van der Waals surface area (Å²) < 4.78 is 46.4. The first-order valence-electron chi connectivity index (χ1n) is 9.51. The average Bonchev–Trinajstić information content (AvgIpc) is 3.42. The summed E-state index contributed by atoms with van der Waals surface area (Å²) in [6.45, 7) is 5.50. The lowest BCUT2D eigenvalue weighted by Crippen LogP contribution is -2.01. The Morgan fingerprint density at radius 2 is 2.03 bits per heavy atom. The summed E-state index contributed by atoms with van der Waals surface area (Å²) in [6.07, 6.45) is -0.949. The van der Waals surface area contributed by atoms with Crippen LogP contribution in [-0.4, -0.2) is 26.6 Å². The molecule has 0 radical (unpaired) electrons. The van der Waals surface area contributed by atoms with Crippen LogP contribution in [-0.2, 0) is 6.18 Å². The highest BCUT2D eigenvalue weighted by Crippen LogP contribution is 2.39. The van der Waals surface area contributed by atoms with Gasteiger partial charge in [-0.05, 0) is 50.1 Å². The van der Waals surface area contributed by atoms with E-state index >= 15 is 0 Å². The molecule has 0 unspecified atom stereocenters. The largest absolute Gasteiger partial charge is 0.481 e. The van der Waals surface area contributed by atoms with Gasteiger partial charge in [-0.3, -0.25) is 0 Å². The van der Waals surface area contributed by atoms with E-state index in [2.05, 4.69) is 15.0 Å². The van der Waals surface area contributed by atoms with E-state index in [0.717, 1.165) is 34.1 Å². The molecule has 4 rings (SSSR count). The van der Waals surface area contributed by atoms with Crippen LogP contribution in [0.1, 0.15) is 40.1 Å². The number of imidazole rings is 1. The third kappa shape index (κ3) is 3.76. The Labute approximate surface area is 185 Å². The van der Waals surface area contributed by atoms with E-state index in [1.54, 1.807) is 23.8 Å². The molecule has 0 saturated carbocycles. The Bertz CT molecular complexity index is 1400. The number of allylic oxidation sites excluding steroid dienone is 1. The number of aromatic nitrogens is 4. The third-order valence-electron chi connectivity index (χ3n) is 5.08. The van der Waals surface area contributed by atoms with Gasteiger partial charge in [0.1, 0.15) is 21.8 Å². The number of aromatic amines is 1. The van der Waals surface area contributed by atoms with Crippen LogP contribution in [0.3, 0.4) is 0 Å². The van der Waals surface area contributed by atoms with E-state index in [0.29, 0.717) is 28.6 Å². The summed E-state index contributed by atoms with van der Waals surface area (Å²) in [5.74, 6) is 1.11. The van der Waals surface area contributed by atoms with Crippen molar-refractivity contribution in [2.24, 2.45) is 0 Å². The lowest BCUT2D eigenvalue weighted by molar-refractivity contribution is -0.134. The molecule has 4 aromatic heterocycles. The molecule has 0 atom stereocenters. The van der Waals surface area contributed by atoms with Gasteiger partial charge >= 0.3 is 6.18 Å². The summed E-state index contributed by atoms with van der Waals surface area (Å²) in [5.41, 5.74) is 4.58. The monoisotopic (exact) mass is 457 g/mol. The van der Waals surface area contributed by atoms with Crippen LogP contribution in [0.4, 0.5) is 13.2 Å². The summed E-state index contributed by atoms with van der Waals surface area (Å²) in [6, 6.07) is 6.39. The van der Waals surface area contributed by atoms with Crippen LogP contribution in [0.5, 0.6) is 5.88 Å². The number of nitriles is 1. The molecule has 0 aliphatic heterocycles. The van der Waals surface area contributed by atoms with E-state index in [4.69, 9.17) is 4.74 Å². The summed E-state index contributed by atoms with van der Waals surface area (Å²) in [4.78, 5) is 11.1. The number of halogens is 3. The Morgan fingerprint density at radius 3 is 2.69 bits per heavy atom. The first-order valence-corrected chi connectivity index (χ1v) is 10.3. The fraction of sp³-hybridized carbons (Fsp3) is 0.227. The zero-order valence-electron chi connectivity index (χ0n) is 17.6. The Balaban J connectivity index is 1.76. The van der Waals surface area contributed by atoms with E-state index in [1.165, 1.54) is 7.11 Å². The van der Waals surface area contributed by atoms with E-state index in [9.17, 15) is 18.4 Å². The average molecular weight is 457 g/mol. The predicted octanol–water partition coefficient (Wildman–Crippen LogP) is 5.89. The Hall–Kier alpha value is -3.58. The lowest BCUT2D eigenvalue weighted by atomic mass is 10.1. The van der Waals surface area contributed by atoms with E-state index in [-0.39, 0.29) is 10.6 Å². The van der Waals surface area contributed by atoms with Crippen LogP contribution >= 0.6 is 11.3 Å². The molecule has 0 fully saturated rings. The fourth-order valence-corrected chi connectivity index (χ4v) is 4.59. The van der Waals surface area contributed by atoms with Crippen LogP contribution < -0.4 is 4.74 Å². The van der Waals surface area contributed by atoms with Crippen molar-refractivity contribution in [3.63, 3.8) is 0 Å². The van der Waals surface area contributed by atoms with Gasteiger partial charge < -0.3 is 14.3 Å². The number of methoxy groups -OCH3 is 1. The second kappa shape index (κ2) is 7.84. The molecule has 4 heterocycles. The number of thiophene rings is 1. The molecular weight excluding hydrogens is 439 g/mol. The van der Waals surface area contributed by atoms with Crippen molar-refractivity contribution in [3.05, 3.63) is 57.6 Å². The van der Waals surface area contributed by atoms with Crippen LogP contribution in [0.2, 0.25) is 0 Å². The molecule has 4 aromatic rings. The molecule has 10 heteroatoms. The Kier molecular flexibility index (Phi) is 5.30. The molecule has 1 N–H and O–H groups in total. The smallest absolute Gasteiger partial charge is 0.425 e. The van der Waals surface area contributed by atoms with Crippen molar-refractivity contribution in [3.8, 4) is 17.0 Å².